The predicted octanol–water partition coefficient (Wildman–Crippen LogP) is 2.20. The van der Waals surface area contributed by atoms with Crippen molar-refractivity contribution in [3.8, 4) is 5.75 Å². The average molecular weight is 389 g/mol. The molecule has 1 aliphatic heterocycles. The van der Waals surface area contributed by atoms with Crippen LogP contribution < -0.4 is 10.1 Å². The predicted molar refractivity (Wildman–Crippen MR) is 89.1 cm³/mol. The minimum absolute atomic E-state index is 0.0793. The average Bonchev–Trinajstić information content (AvgIpc) is 2.54. The molecule has 1 saturated heterocycles. The van der Waals surface area contributed by atoms with Crippen molar-refractivity contribution in [2.24, 2.45) is 0 Å². The molecule has 1 aromatic rings. The first-order valence-electron chi connectivity index (χ1n) is 7.80. The number of hydrogen-bond acceptors (Lipinski definition) is 4. The third kappa shape index (κ3) is 6.85. The van der Waals surface area contributed by atoms with Crippen LogP contribution in [0.15, 0.2) is 22.7 Å². The first-order chi connectivity index (χ1) is 11.1. The third-order valence-electron chi connectivity index (χ3n) is 3.58. The van der Waals surface area contributed by atoms with Crippen LogP contribution in [-0.4, -0.2) is 56.8 Å². The summed E-state index contributed by atoms with van der Waals surface area (Å²) in [7, 11) is 0. The van der Waals surface area contributed by atoms with Crippen molar-refractivity contribution in [2.45, 2.75) is 12.8 Å². The van der Waals surface area contributed by atoms with E-state index in [1.807, 2.05) is 0 Å². The molecule has 0 spiro atoms. The summed E-state index contributed by atoms with van der Waals surface area (Å²) in [4.78, 5) is 14.0. The fourth-order valence-electron chi connectivity index (χ4n) is 2.30. The van der Waals surface area contributed by atoms with Crippen molar-refractivity contribution in [2.75, 3.05) is 46.0 Å². The molecule has 0 aliphatic carbocycles. The minimum atomic E-state index is -0.488. The lowest BCUT2D eigenvalue weighted by molar-refractivity contribution is -0.123. The van der Waals surface area contributed by atoms with Gasteiger partial charge in [0.2, 0.25) is 0 Å². The Morgan fingerprint density at radius 2 is 2.13 bits per heavy atom. The van der Waals surface area contributed by atoms with Crippen LogP contribution in [-0.2, 0) is 9.53 Å². The Morgan fingerprint density at radius 1 is 1.35 bits per heavy atom. The number of carbonyl (C=O) groups is 1. The van der Waals surface area contributed by atoms with Gasteiger partial charge in [-0.2, -0.15) is 0 Å². The molecule has 0 aromatic heterocycles. The molecule has 2 rings (SSSR count). The highest BCUT2D eigenvalue weighted by Crippen LogP contribution is 2.21. The van der Waals surface area contributed by atoms with Gasteiger partial charge in [-0.05, 0) is 37.6 Å². The van der Waals surface area contributed by atoms with E-state index in [1.165, 1.54) is 12.1 Å². The third-order valence-corrected chi connectivity index (χ3v) is 4.07. The normalized spacial score (nSPS) is 15.4. The number of nitrogens with one attached hydrogen (secondary N) is 1. The molecule has 1 N–H and O–H groups in total. The number of morpholine rings is 1. The maximum absolute atomic E-state index is 13.5. The summed E-state index contributed by atoms with van der Waals surface area (Å²) in [5, 5.41) is 2.78. The van der Waals surface area contributed by atoms with Crippen molar-refractivity contribution < 1.29 is 18.7 Å². The van der Waals surface area contributed by atoms with Gasteiger partial charge in [-0.1, -0.05) is 15.9 Å². The van der Waals surface area contributed by atoms with Crippen LogP contribution in [0.5, 0.6) is 5.75 Å². The molecule has 7 heteroatoms. The zero-order chi connectivity index (χ0) is 16.5. The smallest absolute Gasteiger partial charge is 0.257 e. The summed E-state index contributed by atoms with van der Waals surface area (Å²) in [6.07, 6.45) is 1.94. The molecule has 0 radical (unpaired) electrons. The molecule has 0 bridgehead atoms. The SMILES string of the molecule is O=C(COc1ccc(Br)cc1F)NCCCCN1CCOCC1. The molecule has 1 fully saturated rings. The number of nitrogens with zero attached hydrogens (tertiary/aromatic N) is 1. The van der Waals surface area contributed by atoms with Crippen molar-refractivity contribution in [1.82, 2.24) is 10.2 Å². The molecule has 0 atom stereocenters. The van der Waals surface area contributed by atoms with E-state index in [-0.39, 0.29) is 18.3 Å². The zero-order valence-electron chi connectivity index (χ0n) is 13.0. The first kappa shape index (κ1) is 18.2. The molecule has 1 amide bonds. The Morgan fingerprint density at radius 3 is 2.87 bits per heavy atom. The van der Waals surface area contributed by atoms with Crippen LogP contribution in [0.4, 0.5) is 4.39 Å². The van der Waals surface area contributed by atoms with Gasteiger partial charge in [0.1, 0.15) is 0 Å². The summed E-state index contributed by atoms with van der Waals surface area (Å²) in [6.45, 7) is 5.04. The molecule has 0 unspecified atom stereocenters. The van der Waals surface area contributed by atoms with Gasteiger partial charge in [0.15, 0.2) is 18.2 Å². The standard InChI is InChI=1S/C16H22BrFN2O3/c17-13-3-4-15(14(18)11-13)23-12-16(21)19-5-1-2-6-20-7-9-22-10-8-20/h3-4,11H,1-2,5-10,12H2,(H,19,21). The van der Waals surface area contributed by atoms with E-state index in [2.05, 4.69) is 26.1 Å². The van der Waals surface area contributed by atoms with Crippen molar-refractivity contribution in [3.63, 3.8) is 0 Å². The quantitative estimate of drug-likeness (QED) is 0.693. The zero-order valence-corrected chi connectivity index (χ0v) is 14.6. The van der Waals surface area contributed by atoms with Gasteiger partial charge in [0.25, 0.3) is 5.91 Å². The Balaban J connectivity index is 1.54. The maximum atomic E-state index is 13.5. The molecule has 0 saturated carbocycles. The summed E-state index contributed by atoms with van der Waals surface area (Å²) in [5.41, 5.74) is 0. The lowest BCUT2D eigenvalue weighted by atomic mass is 10.2. The van der Waals surface area contributed by atoms with E-state index in [4.69, 9.17) is 9.47 Å². The highest BCUT2D eigenvalue weighted by Gasteiger charge is 2.10. The Labute approximate surface area is 144 Å². The van der Waals surface area contributed by atoms with Crippen LogP contribution >= 0.6 is 15.9 Å². The Bertz CT molecular complexity index is 510. The fraction of sp³-hybridized carbons (Fsp3) is 0.562. The largest absolute Gasteiger partial charge is 0.481 e. The number of carbonyl (C=O) groups excluding carboxylic acids is 1. The van der Waals surface area contributed by atoms with Crippen molar-refractivity contribution >= 4 is 21.8 Å². The minimum Gasteiger partial charge on any atom is -0.481 e. The first-order valence-corrected chi connectivity index (χ1v) is 8.59. The van der Waals surface area contributed by atoms with Crippen LogP contribution in [0.25, 0.3) is 0 Å². The number of ether oxygens (including phenoxy) is 2. The van der Waals surface area contributed by atoms with Gasteiger partial charge < -0.3 is 14.8 Å². The molecule has 1 aromatic carbocycles. The van der Waals surface area contributed by atoms with Gasteiger partial charge >= 0.3 is 0 Å². The topological polar surface area (TPSA) is 50.8 Å². The molecular weight excluding hydrogens is 367 g/mol. The van der Waals surface area contributed by atoms with Crippen LogP contribution in [0.3, 0.4) is 0 Å². The summed E-state index contributed by atoms with van der Waals surface area (Å²) in [6, 6.07) is 4.47. The lowest BCUT2D eigenvalue weighted by Gasteiger charge is -2.26. The number of benzene rings is 1. The molecule has 5 nitrogen and oxygen atoms in total. The van der Waals surface area contributed by atoms with Gasteiger partial charge in [-0.25, -0.2) is 4.39 Å². The van der Waals surface area contributed by atoms with E-state index in [9.17, 15) is 9.18 Å². The Hall–Kier alpha value is -1.18. The maximum Gasteiger partial charge on any atom is 0.257 e. The van der Waals surface area contributed by atoms with Gasteiger partial charge in [-0.15, -0.1) is 0 Å². The van der Waals surface area contributed by atoms with Gasteiger partial charge in [0.05, 0.1) is 13.2 Å². The second-order valence-corrected chi connectivity index (χ2v) is 6.29. The highest BCUT2D eigenvalue weighted by molar-refractivity contribution is 9.10. The van der Waals surface area contributed by atoms with Gasteiger partial charge in [0, 0.05) is 24.1 Å². The highest BCUT2D eigenvalue weighted by atomic mass is 79.9. The summed E-state index contributed by atoms with van der Waals surface area (Å²) >= 11 is 3.17. The molecule has 23 heavy (non-hydrogen) atoms. The van der Waals surface area contributed by atoms with Gasteiger partial charge in [-0.3, -0.25) is 9.69 Å². The lowest BCUT2D eigenvalue weighted by Crippen LogP contribution is -2.37. The summed E-state index contributed by atoms with van der Waals surface area (Å²) < 4.78 is 24.6. The number of unbranched alkanes of at least 4 members (excludes halogenated alkanes) is 1. The van der Waals surface area contributed by atoms with E-state index < -0.39 is 5.82 Å². The molecule has 1 aliphatic rings. The number of halogens is 2. The second kappa shape index (κ2) is 9.85. The van der Waals surface area contributed by atoms with Crippen LogP contribution in [0.2, 0.25) is 0 Å². The van der Waals surface area contributed by atoms with E-state index in [1.54, 1.807) is 6.07 Å². The van der Waals surface area contributed by atoms with Crippen LogP contribution in [0, 0.1) is 5.82 Å². The van der Waals surface area contributed by atoms with Crippen molar-refractivity contribution in [1.29, 1.82) is 0 Å². The fourth-order valence-corrected chi connectivity index (χ4v) is 2.63. The molecule has 1 heterocycles. The van der Waals surface area contributed by atoms with E-state index in [0.717, 1.165) is 45.7 Å². The van der Waals surface area contributed by atoms with Crippen molar-refractivity contribution in [3.05, 3.63) is 28.5 Å². The number of rotatable bonds is 8. The number of hydrogen-bond donors (Lipinski definition) is 1. The molecular formula is C16H22BrFN2O3. The second-order valence-electron chi connectivity index (χ2n) is 5.37. The summed E-state index contributed by atoms with van der Waals surface area (Å²) in [5.74, 6) is -0.646. The molecule has 128 valence electrons. The Kier molecular flexibility index (Phi) is 7.78. The number of amides is 1. The van der Waals surface area contributed by atoms with Crippen LogP contribution in [0.1, 0.15) is 12.8 Å². The van der Waals surface area contributed by atoms with E-state index >= 15 is 0 Å². The monoisotopic (exact) mass is 388 g/mol. The van der Waals surface area contributed by atoms with E-state index in [0.29, 0.717) is 11.0 Å².